The predicted octanol–water partition coefficient (Wildman–Crippen LogP) is 2.82. The molecule has 2 atom stereocenters. The minimum Gasteiger partial charge on any atom is -0.355 e. The van der Waals surface area contributed by atoms with E-state index in [4.69, 9.17) is 0 Å². The van der Waals surface area contributed by atoms with Crippen LogP contribution in [0, 0.1) is 23.5 Å². The molecule has 0 bridgehead atoms. The Morgan fingerprint density at radius 2 is 1.88 bits per heavy atom. The van der Waals surface area contributed by atoms with Gasteiger partial charge in [-0.3, -0.25) is 4.79 Å². The highest BCUT2D eigenvalue weighted by atomic mass is 19.1. The van der Waals surface area contributed by atoms with Gasteiger partial charge >= 0.3 is 0 Å². The molecule has 1 saturated carbocycles. The average molecular weight is 355 g/mol. The Bertz CT molecular complexity index is 858. The van der Waals surface area contributed by atoms with Crippen molar-refractivity contribution in [3.8, 4) is 11.8 Å². The van der Waals surface area contributed by atoms with Crippen LogP contribution in [0.4, 0.5) is 14.6 Å². The zero-order valence-corrected chi connectivity index (χ0v) is 14.6. The molecule has 1 aliphatic rings. The molecule has 4 nitrogen and oxygen atoms in total. The summed E-state index contributed by atoms with van der Waals surface area (Å²) in [5.74, 6) is 5.12. The van der Waals surface area contributed by atoms with E-state index in [1.54, 1.807) is 24.2 Å². The first-order valence-corrected chi connectivity index (χ1v) is 8.33. The number of amides is 1. The van der Waals surface area contributed by atoms with E-state index < -0.39 is 11.6 Å². The molecule has 2 aromatic rings. The fourth-order valence-electron chi connectivity index (χ4n) is 3.04. The Kier molecular flexibility index (Phi) is 5.17. The van der Waals surface area contributed by atoms with Gasteiger partial charge in [-0.25, -0.2) is 13.8 Å². The summed E-state index contributed by atoms with van der Waals surface area (Å²) in [6, 6.07) is 7.23. The third-order valence-electron chi connectivity index (χ3n) is 4.77. The fourth-order valence-corrected chi connectivity index (χ4v) is 3.04. The van der Waals surface area contributed by atoms with Crippen LogP contribution in [0.15, 0.2) is 36.5 Å². The van der Waals surface area contributed by atoms with Crippen LogP contribution in [0.2, 0.25) is 0 Å². The van der Waals surface area contributed by atoms with Gasteiger partial charge in [0.15, 0.2) is 0 Å². The summed E-state index contributed by atoms with van der Waals surface area (Å²) in [6.45, 7) is 0. The Labute approximate surface area is 151 Å². The molecule has 1 aromatic heterocycles. The van der Waals surface area contributed by atoms with Gasteiger partial charge in [-0.2, -0.15) is 0 Å². The van der Waals surface area contributed by atoms with Gasteiger partial charge in [-0.05, 0) is 43.2 Å². The standard InChI is InChI=1S/C20H19F2N3O/c1-24(13-26)18-8-9-19(18)25(2)20-10-4-14(12-23-20)3-5-15-11-16(21)6-7-17(15)22/h4,6-7,10-13,18-19H,8-9H2,1-2H3. The van der Waals surface area contributed by atoms with E-state index in [2.05, 4.69) is 21.7 Å². The van der Waals surface area contributed by atoms with Crippen molar-refractivity contribution >= 4 is 12.2 Å². The number of pyridine rings is 1. The number of hydrogen-bond acceptors (Lipinski definition) is 3. The molecule has 26 heavy (non-hydrogen) atoms. The molecular weight excluding hydrogens is 336 g/mol. The van der Waals surface area contributed by atoms with Crippen molar-refractivity contribution in [2.75, 3.05) is 19.0 Å². The van der Waals surface area contributed by atoms with Crippen LogP contribution in [0.5, 0.6) is 0 Å². The van der Waals surface area contributed by atoms with Gasteiger partial charge in [-0.1, -0.05) is 11.8 Å². The van der Waals surface area contributed by atoms with Crippen molar-refractivity contribution in [3.05, 3.63) is 59.3 Å². The molecule has 0 spiro atoms. The number of hydrogen-bond donors (Lipinski definition) is 0. The summed E-state index contributed by atoms with van der Waals surface area (Å²) in [5, 5.41) is 0. The highest BCUT2D eigenvalue weighted by Crippen LogP contribution is 2.30. The third kappa shape index (κ3) is 3.67. The van der Waals surface area contributed by atoms with E-state index in [1.807, 2.05) is 13.1 Å². The van der Waals surface area contributed by atoms with Crippen molar-refractivity contribution in [2.45, 2.75) is 24.9 Å². The van der Waals surface area contributed by atoms with E-state index >= 15 is 0 Å². The summed E-state index contributed by atoms with van der Waals surface area (Å²) < 4.78 is 26.8. The molecule has 3 rings (SSSR count). The number of halogens is 2. The van der Waals surface area contributed by atoms with Gasteiger partial charge in [-0.15, -0.1) is 0 Å². The highest BCUT2D eigenvalue weighted by Gasteiger charge is 2.36. The zero-order valence-electron chi connectivity index (χ0n) is 14.6. The summed E-state index contributed by atoms with van der Waals surface area (Å²) in [6.07, 6.45) is 4.43. The molecule has 0 aliphatic heterocycles. The lowest BCUT2D eigenvalue weighted by molar-refractivity contribution is -0.120. The summed E-state index contributed by atoms with van der Waals surface area (Å²) in [5.41, 5.74) is 0.626. The quantitative estimate of drug-likeness (QED) is 0.625. The SMILES string of the molecule is CN(C=O)C1CCC1N(C)c1ccc(C#Cc2cc(F)ccc2F)cn1. The molecule has 1 heterocycles. The minimum atomic E-state index is -0.557. The van der Waals surface area contributed by atoms with E-state index in [9.17, 15) is 13.6 Å². The number of benzene rings is 1. The Morgan fingerprint density at radius 3 is 2.50 bits per heavy atom. The summed E-state index contributed by atoms with van der Waals surface area (Å²) in [7, 11) is 3.74. The lowest BCUT2D eigenvalue weighted by Crippen LogP contribution is -2.56. The van der Waals surface area contributed by atoms with Gasteiger partial charge < -0.3 is 9.80 Å². The lowest BCUT2D eigenvalue weighted by Gasteiger charge is -2.46. The molecule has 0 radical (unpaired) electrons. The minimum absolute atomic E-state index is 0.0143. The van der Waals surface area contributed by atoms with Crippen LogP contribution in [0.1, 0.15) is 24.0 Å². The number of nitrogens with zero attached hydrogens (tertiary/aromatic N) is 3. The molecule has 0 saturated heterocycles. The molecule has 2 unspecified atom stereocenters. The molecule has 1 aliphatic carbocycles. The monoisotopic (exact) mass is 355 g/mol. The van der Waals surface area contributed by atoms with Crippen LogP contribution >= 0.6 is 0 Å². The first-order chi connectivity index (χ1) is 12.5. The summed E-state index contributed by atoms with van der Waals surface area (Å²) in [4.78, 5) is 19.1. The molecule has 0 N–H and O–H groups in total. The molecule has 1 amide bonds. The molecule has 134 valence electrons. The van der Waals surface area contributed by atoms with E-state index in [1.165, 1.54) is 0 Å². The number of carbonyl (C=O) groups is 1. The van der Waals surface area contributed by atoms with Crippen molar-refractivity contribution in [1.82, 2.24) is 9.88 Å². The van der Waals surface area contributed by atoms with Crippen LogP contribution in [-0.4, -0.2) is 42.5 Å². The third-order valence-corrected chi connectivity index (χ3v) is 4.77. The zero-order chi connectivity index (χ0) is 18.7. The number of aromatic nitrogens is 1. The van der Waals surface area contributed by atoms with Crippen LogP contribution in [0.3, 0.4) is 0 Å². The highest BCUT2D eigenvalue weighted by molar-refractivity contribution is 5.50. The predicted molar refractivity (Wildman–Crippen MR) is 95.6 cm³/mol. The number of rotatable bonds is 4. The van der Waals surface area contributed by atoms with Gasteiger partial charge in [0.2, 0.25) is 6.41 Å². The molecule has 6 heteroatoms. The van der Waals surface area contributed by atoms with Gasteiger partial charge in [0, 0.05) is 25.9 Å². The number of likely N-dealkylation sites (N-methyl/N-ethyl adjacent to an activating group) is 2. The van der Waals surface area contributed by atoms with E-state index in [0.717, 1.165) is 43.3 Å². The number of anilines is 1. The molecule has 1 aromatic carbocycles. The number of carbonyl (C=O) groups excluding carboxylic acids is 1. The Hall–Kier alpha value is -2.94. The normalized spacial score (nSPS) is 18.3. The van der Waals surface area contributed by atoms with Crippen molar-refractivity contribution in [3.63, 3.8) is 0 Å². The Morgan fingerprint density at radius 1 is 1.12 bits per heavy atom. The van der Waals surface area contributed by atoms with Gasteiger partial charge in [0.25, 0.3) is 0 Å². The molecule has 1 fully saturated rings. The fraction of sp³-hybridized carbons (Fsp3) is 0.300. The van der Waals surface area contributed by atoms with Crippen molar-refractivity contribution < 1.29 is 13.6 Å². The topological polar surface area (TPSA) is 36.4 Å². The maximum Gasteiger partial charge on any atom is 0.209 e. The summed E-state index contributed by atoms with van der Waals surface area (Å²) >= 11 is 0. The average Bonchev–Trinajstić information content (AvgIpc) is 2.61. The largest absolute Gasteiger partial charge is 0.355 e. The lowest BCUT2D eigenvalue weighted by atomic mass is 9.84. The van der Waals surface area contributed by atoms with Gasteiger partial charge in [0.05, 0.1) is 17.6 Å². The first-order valence-electron chi connectivity index (χ1n) is 8.33. The molecular formula is C20H19F2N3O. The second kappa shape index (κ2) is 7.52. The maximum atomic E-state index is 13.6. The van der Waals surface area contributed by atoms with E-state index in [0.29, 0.717) is 5.56 Å². The first kappa shape index (κ1) is 17.9. The van der Waals surface area contributed by atoms with Crippen molar-refractivity contribution in [1.29, 1.82) is 0 Å². The van der Waals surface area contributed by atoms with E-state index in [-0.39, 0.29) is 17.6 Å². The smallest absolute Gasteiger partial charge is 0.209 e. The second-order valence-corrected chi connectivity index (χ2v) is 6.37. The van der Waals surface area contributed by atoms with Crippen LogP contribution < -0.4 is 4.90 Å². The second-order valence-electron chi connectivity index (χ2n) is 6.37. The van der Waals surface area contributed by atoms with Crippen molar-refractivity contribution in [2.24, 2.45) is 0 Å². The maximum absolute atomic E-state index is 13.6. The van der Waals surface area contributed by atoms with Gasteiger partial charge in [0.1, 0.15) is 17.5 Å². The van der Waals surface area contributed by atoms with Crippen LogP contribution in [0.25, 0.3) is 0 Å². The van der Waals surface area contributed by atoms with Crippen LogP contribution in [-0.2, 0) is 4.79 Å². The Balaban J connectivity index is 1.72.